The number of aromatic nitrogens is 3. The van der Waals surface area contributed by atoms with E-state index >= 15 is 0 Å². The predicted molar refractivity (Wildman–Crippen MR) is 80.6 cm³/mol. The number of benzene rings is 2. The molecule has 5 nitrogen and oxygen atoms in total. The quantitative estimate of drug-likeness (QED) is 0.685. The Balaban J connectivity index is 1.76. The number of phenolic OH excluding ortho intramolecular Hbond substituents is 1. The van der Waals surface area contributed by atoms with Gasteiger partial charge in [-0.1, -0.05) is 30.3 Å². The summed E-state index contributed by atoms with van der Waals surface area (Å²) in [6, 6.07) is 16.6. The highest BCUT2D eigenvalue weighted by Crippen LogP contribution is 2.20. The van der Waals surface area contributed by atoms with Gasteiger partial charge in [0.05, 0.1) is 6.04 Å². The highest BCUT2D eigenvalue weighted by molar-refractivity contribution is 5.55. The molecule has 3 rings (SSSR count). The number of aromatic amines is 1. The minimum absolute atomic E-state index is 0.218. The lowest BCUT2D eigenvalue weighted by Gasteiger charge is -2.07. The van der Waals surface area contributed by atoms with Gasteiger partial charge in [-0.2, -0.15) is 5.10 Å². The Morgan fingerprint density at radius 2 is 1.76 bits per heavy atom. The van der Waals surface area contributed by atoms with Gasteiger partial charge in [0.15, 0.2) is 5.82 Å². The van der Waals surface area contributed by atoms with Crippen molar-refractivity contribution >= 4 is 0 Å². The standard InChI is InChI=1S/C16H16N4O/c17-14(10-11-4-2-1-3-5-11)16-18-15(19-20-16)12-6-8-13(21)9-7-12/h1-9,14,21H,10,17H2,(H,18,19,20). The number of hydrogen-bond acceptors (Lipinski definition) is 4. The lowest BCUT2D eigenvalue weighted by Crippen LogP contribution is -2.15. The third kappa shape index (κ3) is 3.09. The summed E-state index contributed by atoms with van der Waals surface area (Å²) >= 11 is 0. The van der Waals surface area contributed by atoms with Gasteiger partial charge in [0.25, 0.3) is 0 Å². The average Bonchev–Trinajstić information content (AvgIpc) is 2.99. The number of nitrogens with zero attached hydrogens (tertiary/aromatic N) is 2. The molecule has 0 saturated heterocycles. The van der Waals surface area contributed by atoms with E-state index in [-0.39, 0.29) is 11.8 Å². The third-order valence-corrected chi connectivity index (χ3v) is 3.28. The first-order valence-electron chi connectivity index (χ1n) is 6.73. The van der Waals surface area contributed by atoms with E-state index in [1.807, 2.05) is 30.3 Å². The molecule has 3 aromatic rings. The first kappa shape index (κ1) is 13.3. The van der Waals surface area contributed by atoms with Crippen LogP contribution < -0.4 is 5.73 Å². The maximum atomic E-state index is 9.29. The highest BCUT2D eigenvalue weighted by atomic mass is 16.3. The molecule has 21 heavy (non-hydrogen) atoms. The SMILES string of the molecule is NC(Cc1ccccc1)c1nc(-c2ccc(O)cc2)n[nH]1. The van der Waals surface area contributed by atoms with Crippen molar-refractivity contribution in [1.29, 1.82) is 0 Å². The van der Waals surface area contributed by atoms with Gasteiger partial charge in [-0.3, -0.25) is 5.10 Å². The van der Waals surface area contributed by atoms with Gasteiger partial charge in [-0.05, 0) is 36.2 Å². The van der Waals surface area contributed by atoms with Crippen LogP contribution in [-0.2, 0) is 6.42 Å². The van der Waals surface area contributed by atoms with Crippen LogP contribution >= 0.6 is 0 Å². The van der Waals surface area contributed by atoms with Crippen molar-refractivity contribution < 1.29 is 5.11 Å². The minimum Gasteiger partial charge on any atom is -0.508 e. The first-order valence-corrected chi connectivity index (χ1v) is 6.73. The second-order valence-corrected chi connectivity index (χ2v) is 4.89. The van der Waals surface area contributed by atoms with E-state index in [2.05, 4.69) is 15.2 Å². The van der Waals surface area contributed by atoms with Crippen LogP contribution in [0.4, 0.5) is 0 Å². The lowest BCUT2D eigenvalue weighted by molar-refractivity contribution is 0.475. The van der Waals surface area contributed by atoms with E-state index in [9.17, 15) is 5.11 Å². The van der Waals surface area contributed by atoms with Crippen molar-refractivity contribution in [1.82, 2.24) is 15.2 Å². The zero-order valence-electron chi connectivity index (χ0n) is 11.4. The summed E-state index contributed by atoms with van der Waals surface area (Å²) in [5.41, 5.74) is 8.16. The Morgan fingerprint density at radius 3 is 2.48 bits per heavy atom. The summed E-state index contributed by atoms with van der Waals surface area (Å²) in [5, 5.41) is 16.4. The van der Waals surface area contributed by atoms with Crippen molar-refractivity contribution in [2.45, 2.75) is 12.5 Å². The molecule has 4 N–H and O–H groups in total. The molecule has 0 bridgehead atoms. The Bertz CT molecular complexity index is 707. The fourth-order valence-corrected chi connectivity index (χ4v) is 2.14. The number of rotatable bonds is 4. The lowest BCUT2D eigenvalue weighted by atomic mass is 10.1. The Morgan fingerprint density at radius 1 is 1.05 bits per heavy atom. The normalized spacial score (nSPS) is 12.2. The average molecular weight is 280 g/mol. The maximum absolute atomic E-state index is 9.29. The van der Waals surface area contributed by atoms with E-state index in [0.29, 0.717) is 18.1 Å². The Hall–Kier alpha value is -2.66. The van der Waals surface area contributed by atoms with Crippen LogP contribution in [0.5, 0.6) is 5.75 Å². The van der Waals surface area contributed by atoms with E-state index in [1.54, 1.807) is 24.3 Å². The molecular weight excluding hydrogens is 264 g/mol. The van der Waals surface area contributed by atoms with Crippen LogP contribution in [-0.4, -0.2) is 20.3 Å². The number of hydrogen-bond donors (Lipinski definition) is 3. The molecule has 1 heterocycles. The molecule has 0 saturated carbocycles. The zero-order chi connectivity index (χ0) is 14.7. The van der Waals surface area contributed by atoms with Gasteiger partial charge in [-0.15, -0.1) is 0 Å². The summed E-state index contributed by atoms with van der Waals surface area (Å²) in [7, 11) is 0. The van der Waals surface area contributed by atoms with Crippen LogP contribution in [0.15, 0.2) is 54.6 Å². The molecule has 1 unspecified atom stereocenters. The van der Waals surface area contributed by atoms with E-state index in [4.69, 9.17) is 5.73 Å². The molecule has 0 radical (unpaired) electrons. The number of nitrogens with one attached hydrogen (secondary N) is 1. The van der Waals surface area contributed by atoms with Gasteiger partial charge in [-0.25, -0.2) is 4.98 Å². The van der Waals surface area contributed by atoms with E-state index in [0.717, 1.165) is 11.1 Å². The molecule has 106 valence electrons. The maximum Gasteiger partial charge on any atom is 0.181 e. The summed E-state index contributed by atoms with van der Waals surface area (Å²) in [4.78, 5) is 4.43. The number of phenols is 1. The molecule has 2 aromatic carbocycles. The van der Waals surface area contributed by atoms with Crippen LogP contribution in [0, 0.1) is 0 Å². The van der Waals surface area contributed by atoms with Gasteiger partial charge in [0.1, 0.15) is 11.6 Å². The molecule has 0 aliphatic rings. The summed E-state index contributed by atoms with van der Waals surface area (Å²) in [6.07, 6.45) is 0.699. The highest BCUT2D eigenvalue weighted by Gasteiger charge is 2.13. The van der Waals surface area contributed by atoms with Crippen LogP contribution in [0.2, 0.25) is 0 Å². The summed E-state index contributed by atoms with van der Waals surface area (Å²) in [6.45, 7) is 0. The predicted octanol–water partition coefficient (Wildman–Crippen LogP) is 2.42. The molecule has 1 aromatic heterocycles. The zero-order valence-corrected chi connectivity index (χ0v) is 11.4. The fraction of sp³-hybridized carbons (Fsp3) is 0.125. The van der Waals surface area contributed by atoms with Crippen molar-refractivity contribution in [2.75, 3.05) is 0 Å². The monoisotopic (exact) mass is 280 g/mol. The topological polar surface area (TPSA) is 87.8 Å². The molecular formula is C16H16N4O. The van der Waals surface area contributed by atoms with E-state index in [1.165, 1.54) is 0 Å². The first-order chi connectivity index (χ1) is 10.2. The molecule has 0 amide bonds. The molecule has 0 fully saturated rings. The molecule has 5 heteroatoms. The van der Waals surface area contributed by atoms with Crippen molar-refractivity contribution in [3.05, 3.63) is 66.0 Å². The van der Waals surface area contributed by atoms with Crippen molar-refractivity contribution in [3.63, 3.8) is 0 Å². The number of aromatic hydroxyl groups is 1. The Labute approximate surface area is 122 Å². The van der Waals surface area contributed by atoms with Gasteiger partial charge >= 0.3 is 0 Å². The summed E-state index contributed by atoms with van der Waals surface area (Å²) < 4.78 is 0. The molecule has 0 spiro atoms. The molecule has 1 atom stereocenters. The summed E-state index contributed by atoms with van der Waals surface area (Å²) in [5.74, 6) is 1.45. The van der Waals surface area contributed by atoms with Crippen LogP contribution in [0.3, 0.4) is 0 Å². The smallest absolute Gasteiger partial charge is 0.181 e. The largest absolute Gasteiger partial charge is 0.508 e. The number of nitrogens with two attached hydrogens (primary N) is 1. The number of H-pyrrole nitrogens is 1. The molecule has 0 aliphatic heterocycles. The Kier molecular flexibility index (Phi) is 3.66. The second kappa shape index (κ2) is 5.76. The van der Waals surface area contributed by atoms with Crippen LogP contribution in [0.25, 0.3) is 11.4 Å². The van der Waals surface area contributed by atoms with Crippen molar-refractivity contribution in [3.8, 4) is 17.1 Å². The van der Waals surface area contributed by atoms with Crippen molar-refractivity contribution in [2.24, 2.45) is 5.73 Å². The molecule has 0 aliphatic carbocycles. The fourth-order valence-electron chi connectivity index (χ4n) is 2.14. The minimum atomic E-state index is -0.231. The van der Waals surface area contributed by atoms with Gasteiger partial charge in [0.2, 0.25) is 0 Å². The third-order valence-electron chi connectivity index (χ3n) is 3.28. The van der Waals surface area contributed by atoms with Gasteiger partial charge < -0.3 is 10.8 Å². The van der Waals surface area contributed by atoms with Crippen LogP contribution in [0.1, 0.15) is 17.4 Å². The van der Waals surface area contributed by atoms with E-state index < -0.39 is 0 Å². The second-order valence-electron chi connectivity index (χ2n) is 4.89. The van der Waals surface area contributed by atoms with Gasteiger partial charge in [0, 0.05) is 5.56 Å².